The minimum atomic E-state index is -0.962. The second-order valence-corrected chi connectivity index (χ2v) is 5.20. The molecule has 0 aromatic heterocycles. The average Bonchev–Trinajstić information content (AvgIpc) is 2.16. The fourth-order valence-corrected chi connectivity index (χ4v) is 3.13. The van der Waals surface area contributed by atoms with Crippen molar-refractivity contribution in [2.24, 2.45) is 5.92 Å². The minimum Gasteiger partial charge on any atom is -0.320 e. The van der Waals surface area contributed by atoms with Gasteiger partial charge in [-0.25, -0.2) is 4.39 Å². The number of nitrogens with one attached hydrogen (secondary N) is 1. The number of rotatable bonds is 4. The quantitative estimate of drug-likeness (QED) is 0.756. The van der Waals surface area contributed by atoms with Crippen molar-refractivity contribution in [2.75, 3.05) is 25.1 Å². The lowest BCUT2D eigenvalue weighted by atomic mass is 9.86. The van der Waals surface area contributed by atoms with Crippen LogP contribution in [0, 0.1) is 5.92 Å². The summed E-state index contributed by atoms with van der Waals surface area (Å²) in [6, 6.07) is 0. The van der Waals surface area contributed by atoms with Crippen molar-refractivity contribution in [3.63, 3.8) is 0 Å². The van der Waals surface area contributed by atoms with Gasteiger partial charge in [-0.05, 0) is 51.3 Å². The fourth-order valence-electron chi connectivity index (χ4n) is 1.79. The zero-order valence-corrected chi connectivity index (χ0v) is 9.42. The van der Waals surface area contributed by atoms with E-state index in [1.54, 1.807) is 6.92 Å². The van der Waals surface area contributed by atoms with E-state index in [0.717, 1.165) is 18.7 Å². The van der Waals surface area contributed by atoms with Gasteiger partial charge in [-0.2, -0.15) is 11.8 Å². The van der Waals surface area contributed by atoms with Crippen LogP contribution in [0.2, 0.25) is 0 Å². The predicted octanol–water partition coefficient (Wildman–Crippen LogP) is 2.47. The lowest BCUT2D eigenvalue weighted by molar-refractivity contribution is 0.0972. The Hall–Kier alpha value is 0.240. The van der Waals surface area contributed by atoms with Gasteiger partial charge >= 0.3 is 0 Å². The third kappa shape index (κ3) is 3.47. The molecule has 1 saturated heterocycles. The normalized spacial score (nSPS) is 28.4. The molecular formula is C10H20FNS. The Morgan fingerprint density at radius 2 is 2.38 bits per heavy atom. The Kier molecular flexibility index (Phi) is 4.53. The van der Waals surface area contributed by atoms with Crippen molar-refractivity contribution in [3.05, 3.63) is 0 Å². The van der Waals surface area contributed by atoms with E-state index in [-0.39, 0.29) is 5.92 Å². The van der Waals surface area contributed by atoms with Crippen molar-refractivity contribution in [2.45, 2.75) is 31.9 Å². The molecule has 1 aliphatic heterocycles. The van der Waals surface area contributed by atoms with Crippen molar-refractivity contribution >= 4 is 11.8 Å². The molecule has 1 aliphatic rings. The van der Waals surface area contributed by atoms with Crippen LogP contribution in [0.25, 0.3) is 0 Å². The third-order valence-corrected chi connectivity index (χ3v) is 4.09. The van der Waals surface area contributed by atoms with Crippen LogP contribution in [0.1, 0.15) is 26.2 Å². The maximum Gasteiger partial charge on any atom is 0.113 e. The largest absolute Gasteiger partial charge is 0.320 e. The zero-order valence-electron chi connectivity index (χ0n) is 8.61. The van der Waals surface area contributed by atoms with E-state index in [1.807, 2.05) is 18.8 Å². The second kappa shape index (κ2) is 5.20. The smallest absolute Gasteiger partial charge is 0.113 e. The molecule has 1 rings (SSSR count). The maximum atomic E-state index is 14.1. The van der Waals surface area contributed by atoms with E-state index in [4.69, 9.17) is 0 Å². The molecule has 2 atom stereocenters. The summed E-state index contributed by atoms with van der Waals surface area (Å²) in [6.07, 6.45) is 2.91. The van der Waals surface area contributed by atoms with Crippen LogP contribution in [0.5, 0.6) is 0 Å². The Morgan fingerprint density at radius 3 is 2.92 bits per heavy atom. The lowest BCUT2D eigenvalue weighted by Gasteiger charge is -2.33. The number of hydrogen-bond donors (Lipinski definition) is 1. The summed E-state index contributed by atoms with van der Waals surface area (Å²) < 4.78 is 14.1. The highest BCUT2D eigenvalue weighted by atomic mass is 32.2. The minimum absolute atomic E-state index is 0.277. The Morgan fingerprint density at radius 1 is 1.62 bits per heavy atom. The first kappa shape index (κ1) is 11.3. The van der Waals surface area contributed by atoms with E-state index in [1.165, 1.54) is 12.2 Å². The highest BCUT2D eigenvalue weighted by molar-refractivity contribution is 7.99. The van der Waals surface area contributed by atoms with Gasteiger partial charge in [0.2, 0.25) is 0 Å². The van der Waals surface area contributed by atoms with Gasteiger partial charge in [-0.1, -0.05) is 0 Å². The van der Waals surface area contributed by atoms with Crippen molar-refractivity contribution in [3.8, 4) is 0 Å². The number of thioether (sulfide) groups is 1. The molecule has 0 aliphatic carbocycles. The van der Waals surface area contributed by atoms with Crippen LogP contribution in [0.4, 0.5) is 4.39 Å². The molecule has 1 fully saturated rings. The molecule has 13 heavy (non-hydrogen) atoms. The predicted molar refractivity (Wildman–Crippen MR) is 58.1 cm³/mol. The number of hydrogen-bond acceptors (Lipinski definition) is 2. The van der Waals surface area contributed by atoms with Gasteiger partial charge < -0.3 is 5.32 Å². The van der Waals surface area contributed by atoms with E-state index in [0.29, 0.717) is 6.42 Å². The maximum absolute atomic E-state index is 14.1. The first-order valence-corrected chi connectivity index (χ1v) is 6.23. The molecule has 0 spiro atoms. The first-order chi connectivity index (χ1) is 6.17. The van der Waals surface area contributed by atoms with Crippen LogP contribution in [0.15, 0.2) is 0 Å². The molecule has 0 bridgehead atoms. The van der Waals surface area contributed by atoms with Crippen LogP contribution in [0.3, 0.4) is 0 Å². The summed E-state index contributed by atoms with van der Waals surface area (Å²) in [7, 11) is 1.88. The molecule has 0 amide bonds. The van der Waals surface area contributed by atoms with E-state index in [9.17, 15) is 4.39 Å². The van der Waals surface area contributed by atoms with Crippen LogP contribution in [-0.4, -0.2) is 30.8 Å². The molecule has 3 heteroatoms. The Bertz CT molecular complexity index is 144. The summed E-state index contributed by atoms with van der Waals surface area (Å²) in [5.74, 6) is 2.51. The molecule has 0 aromatic carbocycles. The summed E-state index contributed by atoms with van der Waals surface area (Å²) in [5.41, 5.74) is -0.962. The van der Waals surface area contributed by atoms with Crippen molar-refractivity contribution in [1.29, 1.82) is 0 Å². The van der Waals surface area contributed by atoms with Gasteiger partial charge in [-0.15, -0.1) is 0 Å². The van der Waals surface area contributed by atoms with Gasteiger partial charge in [0.05, 0.1) is 0 Å². The molecule has 1 nitrogen and oxygen atoms in total. The lowest BCUT2D eigenvalue weighted by Crippen LogP contribution is -2.36. The summed E-state index contributed by atoms with van der Waals surface area (Å²) >= 11 is 1.90. The van der Waals surface area contributed by atoms with E-state index < -0.39 is 5.67 Å². The monoisotopic (exact) mass is 205 g/mol. The number of alkyl halides is 1. The van der Waals surface area contributed by atoms with Gasteiger partial charge in [0, 0.05) is 5.92 Å². The van der Waals surface area contributed by atoms with Gasteiger partial charge in [-0.3, -0.25) is 0 Å². The standard InChI is InChI=1S/C10H20FNS/c1-10(11,5-6-12-2)9-4-3-7-13-8-9/h9,12H,3-8H2,1-2H3. The second-order valence-electron chi connectivity index (χ2n) is 4.05. The fraction of sp³-hybridized carbons (Fsp3) is 1.00. The molecule has 1 N–H and O–H groups in total. The molecule has 0 radical (unpaired) electrons. The topological polar surface area (TPSA) is 12.0 Å². The van der Waals surface area contributed by atoms with Crippen LogP contribution < -0.4 is 5.32 Å². The first-order valence-electron chi connectivity index (χ1n) is 5.08. The Labute approximate surface area is 84.9 Å². The van der Waals surface area contributed by atoms with Crippen LogP contribution in [-0.2, 0) is 0 Å². The molecular weight excluding hydrogens is 185 g/mol. The summed E-state index contributed by atoms with van der Waals surface area (Å²) in [4.78, 5) is 0. The Balaban J connectivity index is 2.36. The highest BCUT2D eigenvalue weighted by Gasteiger charge is 2.34. The van der Waals surface area contributed by atoms with Crippen molar-refractivity contribution in [1.82, 2.24) is 5.32 Å². The SMILES string of the molecule is CNCCC(C)(F)C1CCCSC1. The highest BCUT2D eigenvalue weighted by Crippen LogP contribution is 2.35. The van der Waals surface area contributed by atoms with Crippen molar-refractivity contribution < 1.29 is 4.39 Å². The molecule has 0 aromatic rings. The summed E-state index contributed by atoms with van der Waals surface area (Å²) in [5, 5.41) is 3.02. The molecule has 78 valence electrons. The van der Waals surface area contributed by atoms with Gasteiger partial charge in [0.15, 0.2) is 0 Å². The van der Waals surface area contributed by atoms with Gasteiger partial charge in [0.25, 0.3) is 0 Å². The van der Waals surface area contributed by atoms with E-state index in [2.05, 4.69) is 5.32 Å². The van der Waals surface area contributed by atoms with Crippen LogP contribution >= 0.6 is 11.8 Å². The molecule has 1 heterocycles. The number of halogens is 1. The van der Waals surface area contributed by atoms with E-state index >= 15 is 0 Å². The molecule has 2 unspecified atom stereocenters. The third-order valence-electron chi connectivity index (χ3n) is 2.88. The van der Waals surface area contributed by atoms with Gasteiger partial charge in [0.1, 0.15) is 5.67 Å². The zero-order chi connectivity index (χ0) is 9.73. The average molecular weight is 205 g/mol. The summed E-state index contributed by atoms with van der Waals surface area (Å²) in [6.45, 7) is 2.55. The molecule has 0 saturated carbocycles.